The third kappa shape index (κ3) is 2.76. The highest BCUT2D eigenvalue weighted by atomic mass is 16.1. The summed E-state index contributed by atoms with van der Waals surface area (Å²) in [5.41, 5.74) is 0. The van der Waals surface area contributed by atoms with Gasteiger partial charge in [-0.2, -0.15) is 0 Å². The number of hydrogen-bond acceptors (Lipinski definition) is 3. The zero-order valence-corrected chi connectivity index (χ0v) is 7.62. The fraction of sp³-hybridized carbons (Fsp3) is 0.889. The van der Waals surface area contributed by atoms with E-state index >= 15 is 0 Å². The van der Waals surface area contributed by atoms with E-state index in [9.17, 15) is 4.79 Å². The van der Waals surface area contributed by atoms with Gasteiger partial charge in [0.05, 0.1) is 6.54 Å². The molecule has 0 aromatic heterocycles. The molecule has 0 aromatic rings. The van der Waals surface area contributed by atoms with Crippen molar-refractivity contribution in [3.8, 4) is 0 Å². The van der Waals surface area contributed by atoms with Crippen LogP contribution >= 0.6 is 0 Å². The van der Waals surface area contributed by atoms with E-state index < -0.39 is 0 Å². The van der Waals surface area contributed by atoms with Gasteiger partial charge in [0.15, 0.2) is 0 Å². The first-order valence-corrected chi connectivity index (χ1v) is 4.58. The molecule has 1 aliphatic rings. The van der Waals surface area contributed by atoms with Crippen LogP contribution in [0.5, 0.6) is 0 Å². The molecule has 0 heterocycles. The van der Waals surface area contributed by atoms with Gasteiger partial charge in [-0.3, -0.25) is 0 Å². The fourth-order valence-electron chi connectivity index (χ4n) is 1.78. The van der Waals surface area contributed by atoms with Gasteiger partial charge >= 0.3 is 0 Å². The highest BCUT2D eigenvalue weighted by molar-refractivity contribution is 5.32. The summed E-state index contributed by atoms with van der Waals surface area (Å²) < 4.78 is 0. The highest BCUT2D eigenvalue weighted by Crippen LogP contribution is 2.21. The predicted molar refractivity (Wildman–Crippen MR) is 47.9 cm³/mol. The topological polar surface area (TPSA) is 32.7 Å². The van der Waals surface area contributed by atoms with Crippen LogP contribution in [0.1, 0.15) is 25.7 Å². The van der Waals surface area contributed by atoms with Crippen molar-refractivity contribution in [1.29, 1.82) is 0 Å². The highest BCUT2D eigenvalue weighted by Gasteiger charge is 2.18. The second kappa shape index (κ2) is 5.07. The summed E-state index contributed by atoms with van der Waals surface area (Å²) in [6, 6.07) is 0.729. The maximum atomic E-state index is 9.80. The molecule has 3 nitrogen and oxygen atoms in total. The van der Waals surface area contributed by atoms with Crippen LogP contribution in [0.3, 0.4) is 0 Å². The van der Waals surface area contributed by atoms with Gasteiger partial charge < -0.3 is 4.90 Å². The number of aliphatic imine (C=N–C) groups is 1. The molecular weight excluding hydrogens is 152 g/mol. The van der Waals surface area contributed by atoms with Crippen LogP contribution in [0, 0.1) is 0 Å². The van der Waals surface area contributed by atoms with Gasteiger partial charge in [-0.25, -0.2) is 9.79 Å². The summed E-state index contributed by atoms with van der Waals surface area (Å²) in [6.07, 6.45) is 6.88. The van der Waals surface area contributed by atoms with E-state index in [-0.39, 0.29) is 0 Å². The average Bonchev–Trinajstić information content (AvgIpc) is 2.56. The molecule has 0 amide bonds. The van der Waals surface area contributed by atoms with Crippen molar-refractivity contribution in [2.24, 2.45) is 4.99 Å². The van der Waals surface area contributed by atoms with Crippen molar-refractivity contribution >= 4 is 6.08 Å². The van der Waals surface area contributed by atoms with E-state index in [1.165, 1.54) is 25.7 Å². The number of likely N-dealkylation sites (N-methyl/N-ethyl adjacent to an activating group) is 1. The van der Waals surface area contributed by atoms with E-state index in [4.69, 9.17) is 0 Å². The van der Waals surface area contributed by atoms with Crippen LogP contribution in [0.25, 0.3) is 0 Å². The first-order chi connectivity index (χ1) is 5.84. The molecule has 0 N–H and O–H groups in total. The third-order valence-electron chi connectivity index (χ3n) is 2.58. The Kier molecular flexibility index (Phi) is 3.98. The number of carbonyl (C=O) groups excluding carboxylic acids is 1. The predicted octanol–water partition coefficient (Wildman–Crippen LogP) is 1.20. The molecule has 1 rings (SSSR count). The molecule has 12 heavy (non-hydrogen) atoms. The average molecular weight is 168 g/mol. The van der Waals surface area contributed by atoms with Gasteiger partial charge in [0.1, 0.15) is 0 Å². The minimum atomic E-state index is 0.594. The molecular formula is C9H16N2O. The van der Waals surface area contributed by atoms with E-state index in [0.29, 0.717) is 6.54 Å². The minimum Gasteiger partial charge on any atom is -0.302 e. The molecule has 1 saturated carbocycles. The largest absolute Gasteiger partial charge is 0.302 e. The molecule has 0 bridgehead atoms. The lowest BCUT2D eigenvalue weighted by Gasteiger charge is -2.22. The maximum Gasteiger partial charge on any atom is 0.234 e. The van der Waals surface area contributed by atoms with Crippen LogP contribution < -0.4 is 0 Å². The molecule has 68 valence electrons. The summed E-state index contributed by atoms with van der Waals surface area (Å²) in [7, 11) is 2.11. The quantitative estimate of drug-likeness (QED) is 0.466. The first-order valence-electron chi connectivity index (χ1n) is 4.58. The zero-order chi connectivity index (χ0) is 8.81. The van der Waals surface area contributed by atoms with Crippen molar-refractivity contribution in [2.45, 2.75) is 31.7 Å². The van der Waals surface area contributed by atoms with Crippen LogP contribution in [-0.4, -0.2) is 37.2 Å². The molecule has 1 fully saturated rings. The maximum absolute atomic E-state index is 9.80. The Morgan fingerprint density at radius 3 is 2.75 bits per heavy atom. The number of hydrogen-bond donors (Lipinski definition) is 0. The number of isocyanates is 1. The van der Waals surface area contributed by atoms with E-state index in [0.717, 1.165) is 12.6 Å². The lowest BCUT2D eigenvalue weighted by atomic mass is 10.2. The monoisotopic (exact) mass is 168 g/mol. The first kappa shape index (κ1) is 9.43. The number of rotatable bonds is 4. The lowest BCUT2D eigenvalue weighted by Crippen LogP contribution is -2.31. The Morgan fingerprint density at radius 2 is 2.17 bits per heavy atom. The molecule has 1 aliphatic carbocycles. The fourth-order valence-corrected chi connectivity index (χ4v) is 1.78. The number of nitrogens with zero attached hydrogens (tertiary/aromatic N) is 2. The summed E-state index contributed by atoms with van der Waals surface area (Å²) in [5.74, 6) is 0. The third-order valence-corrected chi connectivity index (χ3v) is 2.58. The van der Waals surface area contributed by atoms with Crippen molar-refractivity contribution in [3.63, 3.8) is 0 Å². The molecule has 0 atom stereocenters. The minimum absolute atomic E-state index is 0.594. The Hall–Kier alpha value is -0.660. The molecule has 0 spiro atoms. The van der Waals surface area contributed by atoms with Crippen molar-refractivity contribution in [3.05, 3.63) is 0 Å². The summed E-state index contributed by atoms with van der Waals surface area (Å²) in [5, 5.41) is 0. The molecule has 0 aliphatic heterocycles. The lowest BCUT2D eigenvalue weighted by molar-refractivity contribution is 0.252. The smallest absolute Gasteiger partial charge is 0.234 e. The molecule has 0 radical (unpaired) electrons. The van der Waals surface area contributed by atoms with Crippen molar-refractivity contribution < 1.29 is 4.79 Å². The Bertz CT molecular complexity index is 169. The molecule has 0 unspecified atom stereocenters. The van der Waals surface area contributed by atoms with E-state index in [1.807, 2.05) is 0 Å². The standard InChI is InChI=1S/C9H16N2O/c1-11(7-6-10-8-12)9-4-2-3-5-9/h9H,2-7H2,1H3. The van der Waals surface area contributed by atoms with Gasteiger partial charge in [0, 0.05) is 12.6 Å². The van der Waals surface area contributed by atoms with Crippen molar-refractivity contribution in [2.75, 3.05) is 20.1 Å². The Morgan fingerprint density at radius 1 is 1.50 bits per heavy atom. The van der Waals surface area contributed by atoms with Gasteiger partial charge in [-0.15, -0.1) is 0 Å². The normalized spacial score (nSPS) is 18.2. The van der Waals surface area contributed by atoms with Crippen LogP contribution in [0.15, 0.2) is 4.99 Å². The summed E-state index contributed by atoms with van der Waals surface area (Å²) in [4.78, 5) is 15.6. The van der Waals surface area contributed by atoms with Gasteiger partial charge in [0.2, 0.25) is 6.08 Å². The summed E-state index contributed by atoms with van der Waals surface area (Å²) in [6.45, 7) is 1.48. The Balaban J connectivity index is 2.17. The van der Waals surface area contributed by atoms with Gasteiger partial charge in [-0.05, 0) is 19.9 Å². The zero-order valence-electron chi connectivity index (χ0n) is 7.62. The van der Waals surface area contributed by atoms with E-state index in [2.05, 4.69) is 16.9 Å². The molecule has 0 aromatic carbocycles. The van der Waals surface area contributed by atoms with Crippen LogP contribution in [-0.2, 0) is 4.79 Å². The Labute approximate surface area is 73.5 Å². The van der Waals surface area contributed by atoms with Crippen LogP contribution in [0.4, 0.5) is 0 Å². The second-order valence-electron chi connectivity index (χ2n) is 3.39. The van der Waals surface area contributed by atoms with Gasteiger partial charge in [-0.1, -0.05) is 12.8 Å². The second-order valence-corrected chi connectivity index (χ2v) is 3.39. The van der Waals surface area contributed by atoms with Crippen molar-refractivity contribution in [1.82, 2.24) is 4.90 Å². The molecule has 0 saturated heterocycles. The van der Waals surface area contributed by atoms with Gasteiger partial charge in [0.25, 0.3) is 0 Å². The molecule has 3 heteroatoms. The van der Waals surface area contributed by atoms with Crippen LogP contribution in [0.2, 0.25) is 0 Å². The SMILES string of the molecule is CN(CCN=C=O)C1CCCC1. The summed E-state index contributed by atoms with van der Waals surface area (Å²) >= 11 is 0. The van der Waals surface area contributed by atoms with E-state index in [1.54, 1.807) is 6.08 Å².